The second-order valence-corrected chi connectivity index (χ2v) is 6.58. The molecule has 1 saturated heterocycles. The van der Waals surface area contributed by atoms with Crippen molar-refractivity contribution in [2.45, 2.75) is 25.6 Å². The van der Waals surface area contributed by atoms with Crippen LogP contribution in [0.5, 0.6) is 0 Å². The summed E-state index contributed by atoms with van der Waals surface area (Å²) < 4.78 is 38.8. The lowest BCUT2D eigenvalue weighted by Crippen LogP contribution is -2.19. The van der Waals surface area contributed by atoms with E-state index < -0.39 is 27.4 Å². The molecule has 0 atom stereocenters. The number of pyridine rings is 1. The normalized spacial score (nSPS) is 14.4. The molecule has 3 rings (SSSR count). The maximum absolute atomic E-state index is 12.9. The van der Waals surface area contributed by atoms with Crippen molar-refractivity contribution in [1.29, 1.82) is 0 Å². The summed E-state index contributed by atoms with van der Waals surface area (Å²) in [4.78, 5) is 16.8. The van der Waals surface area contributed by atoms with E-state index in [1.807, 2.05) is 6.07 Å². The summed E-state index contributed by atoms with van der Waals surface area (Å²) in [6.45, 7) is 2.03. The molecule has 27 heavy (non-hydrogen) atoms. The van der Waals surface area contributed by atoms with Crippen LogP contribution in [0.2, 0.25) is 5.02 Å². The summed E-state index contributed by atoms with van der Waals surface area (Å²) in [6.07, 6.45) is -0.935. The first-order valence-electron chi connectivity index (χ1n) is 8.24. The van der Waals surface area contributed by atoms with Crippen molar-refractivity contribution in [2.24, 2.45) is 0 Å². The van der Waals surface area contributed by atoms with Crippen molar-refractivity contribution >= 4 is 28.8 Å². The van der Waals surface area contributed by atoms with E-state index in [0.29, 0.717) is 6.07 Å². The van der Waals surface area contributed by atoms with Gasteiger partial charge in [0, 0.05) is 31.9 Å². The number of hydrogen-bond donors (Lipinski definition) is 1. The number of hydrogen-bond acceptors (Lipinski definition) is 5. The Balaban J connectivity index is 1.82. The van der Waals surface area contributed by atoms with Gasteiger partial charge >= 0.3 is 6.18 Å². The first-order chi connectivity index (χ1) is 12.8. The van der Waals surface area contributed by atoms with Crippen molar-refractivity contribution in [3.05, 3.63) is 56.7 Å². The molecular formula is C17H16ClF3N4O2. The summed E-state index contributed by atoms with van der Waals surface area (Å²) in [6, 6.07) is 4.98. The number of nitrogens with zero attached hydrogens (tertiary/aromatic N) is 3. The minimum absolute atomic E-state index is 0.0717. The van der Waals surface area contributed by atoms with Gasteiger partial charge in [-0.3, -0.25) is 10.1 Å². The van der Waals surface area contributed by atoms with Gasteiger partial charge < -0.3 is 10.2 Å². The molecule has 1 aliphatic heterocycles. The zero-order chi connectivity index (χ0) is 19.6. The van der Waals surface area contributed by atoms with Crippen LogP contribution in [0.25, 0.3) is 0 Å². The van der Waals surface area contributed by atoms with Gasteiger partial charge in [-0.05, 0) is 36.6 Å². The molecule has 1 aromatic heterocycles. The molecule has 1 aliphatic rings. The lowest BCUT2D eigenvalue weighted by Gasteiger charge is -2.17. The number of anilines is 2. The standard InChI is InChI=1S/C17H16ClF3N4O2/c18-13-9-14(15(25(26)27)8-12(13)17(19,20)21)23-10-11-3-4-22-16(7-11)24-5-1-2-6-24/h3-4,7-9,23H,1-2,5-6,10H2. The molecule has 1 fully saturated rings. The SMILES string of the molecule is O=[N+]([O-])c1cc(C(F)(F)F)c(Cl)cc1NCc1ccnc(N2CCCC2)c1. The van der Waals surface area contributed by atoms with Crippen LogP contribution in [0.1, 0.15) is 24.0 Å². The van der Waals surface area contributed by atoms with Gasteiger partial charge in [-0.2, -0.15) is 13.2 Å². The van der Waals surface area contributed by atoms with Crippen LogP contribution in [0.15, 0.2) is 30.5 Å². The van der Waals surface area contributed by atoms with Crippen molar-refractivity contribution in [3.8, 4) is 0 Å². The predicted octanol–water partition coefficient (Wildman–Crippen LogP) is 4.87. The third kappa shape index (κ3) is 4.41. The molecule has 0 saturated carbocycles. The summed E-state index contributed by atoms with van der Waals surface area (Å²) >= 11 is 5.68. The monoisotopic (exact) mass is 400 g/mol. The molecule has 2 aromatic rings. The van der Waals surface area contributed by atoms with Crippen LogP contribution in [-0.4, -0.2) is 23.0 Å². The third-order valence-electron chi connectivity index (χ3n) is 4.31. The van der Waals surface area contributed by atoms with Gasteiger partial charge in [-0.25, -0.2) is 4.98 Å². The molecule has 0 unspecified atom stereocenters. The average Bonchev–Trinajstić information content (AvgIpc) is 3.13. The summed E-state index contributed by atoms with van der Waals surface area (Å²) in [7, 11) is 0. The Kier molecular flexibility index (Phi) is 5.41. The average molecular weight is 401 g/mol. The molecule has 0 amide bonds. The van der Waals surface area contributed by atoms with Crippen molar-refractivity contribution < 1.29 is 18.1 Å². The molecule has 0 aliphatic carbocycles. The first-order valence-corrected chi connectivity index (χ1v) is 8.62. The Labute approximate surface area is 158 Å². The highest BCUT2D eigenvalue weighted by atomic mass is 35.5. The van der Waals surface area contributed by atoms with E-state index in [4.69, 9.17) is 11.6 Å². The van der Waals surface area contributed by atoms with E-state index in [9.17, 15) is 23.3 Å². The van der Waals surface area contributed by atoms with Gasteiger partial charge in [0.2, 0.25) is 0 Å². The van der Waals surface area contributed by atoms with E-state index in [1.54, 1.807) is 12.3 Å². The van der Waals surface area contributed by atoms with Crippen LogP contribution in [0, 0.1) is 10.1 Å². The van der Waals surface area contributed by atoms with Gasteiger partial charge in [0.15, 0.2) is 0 Å². The Hall–Kier alpha value is -2.55. The van der Waals surface area contributed by atoms with Crippen LogP contribution in [-0.2, 0) is 12.7 Å². The molecule has 0 radical (unpaired) electrons. The smallest absolute Gasteiger partial charge is 0.375 e. The Morgan fingerprint density at radius 1 is 1.26 bits per heavy atom. The van der Waals surface area contributed by atoms with Crippen molar-refractivity contribution in [3.63, 3.8) is 0 Å². The fourth-order valence-corrected chi connectivity index (χ4v) is 3.23. The first kappa shape index (κ1) is 19.2. The highest BCUT2D eigenvalue weighted by Gasteiger charge is 2.36. The molecule has 1 N–H and O–H groups in total. The zero-order valence-corrected chi connectivity index (χ0v) is 14.8. The van der Waals surface area contributed by atoms with Gasteiger partial charge in [0.1, 0.15) is 11.5 Å². The van der Waals surface area contributed by atoms with Crippen molar-refractivity contribution in [2.75, 3.05) is 23.3 Å². The van der Waals surface area contributed by atoms with E-state index >= 15 is 0 Å². The number of alkyl halides is 3. The topological polar surface area (TPSA) is 71.3 Å². The predicted molar refractivity (Wildman–Crippen MR) is 96.1 cm³/mol. The van der Waals surface area contributed by atoms with E-state index in [1.165, 1.54) is 0 Å². The lowest BCUT2D eigenvalue weighted by molar-refractivity contribution is -0.384. The van der Waals surface area contributed by atoms with E-state index in [-0.39, 0.29) is 12.2 Å². The van der Waals surface area contributed by atoms with Crippen LogP contribution >= 0.6 is 11.6 Å². The minimum Gasteiger partial charge on any atom is -0.375 e. The Morgan fingerprint density at radius 2 is 1.96 bits per heavy atom. The highest BCUT2D eigenvalue weighted by molar-refractivity contribution is 6.31. The number of rotatable bonds is 5. The number of benzene rings is 1. The van der Waals surface area contributed by atoms with Gasteiger partial charge in [-0.1, -0.05) is 11.6 Å². The molecule has 10 heteroatoms. The molecule has 6 nitrogen and oxygen atoms in total. The number of halogens is 4. The van der Waals surface area contributed by atoms with Gasteiger partial charge in [0.05, 0.1) is 15.5 Å². The van der Waals surface area contributed by atoms with Gasteiger partial charge in [-0.15, -0.1) is 0 Å². The number of nitro groups is 1. The molecule has 144 valence electrons. The summed E-state index contributed by atoms with van der Waals surface area (Å²) in [5, 5.41) is 13.4. The molecule has 2 heterocycles. The van der Waals surface area contributed by atoms with Crippen LogP contribution < -0.4 is 10.2 Å². The fraction of sp³-hybridized carbons (Fsp3) is 0.353. The zero-order valence-electron chi connectivity index (χ0n) is 14.1. The van der Waals surface area contributed by atoms with Crippen LogP contribution in [0.4, 0.5) is 30.4 Å². The maximum Gasteiger partial charge on any atom is 0.418 e. The van der Waals surface area contributed by atoms with E-state index in [0.717, 1.165) is 43.4 Å². The number of nitro benzene ring substituents is 1. The van der Waals surface area contributed by atoms with E-state index in [2.05, 4.69) is 15.2 Å². The second-order valence-electron chi connectivity index (χ2n) is 6.17. The molecule has 0 bridgehead atoms. The number of aromatic nitrogens is 1. The Morgan fingerprint density at radius 3 is 2.59 bits per heavy atom. The highest BCUT2D eigenvalue weighted by Crippen LogP contribution is 2.40. The quantitative estimate of drug-likeness (QED) is 0.572. The van der Waals surface area contributed by atoms with Gasteiger partial charge in [0.25, 0.3) is 5.69 Å². The van der Waals surface area contributed by atoms with Crippen LogP contribution in [0.3, 0.4) is 0 Å². The largest absolute Gasteiger partial charge is 0.418 e. The Bertz CT molecular complexity index is 855. The molecular weight excluding hydrogens is 385 g/mol. The minimum atomic E-state index is -4.77. The summed E-state index contributed by atoms with van der Waals surface area (Å²) in [5.41, 5.74) is -1.18. The third-order valence-corrected chi connectivity index (χ3v) is 4.62. The lowest BCUT2D eigenvalue weighted by atomic mass is 10.1. The second kappa shape index (κ2) is 7.59. The van der Waals surface area contributed by atoms with Crippen molar-refractivity contribution in [1.82, 2.24) is 4.98 Å². The number of nitrogens with one attached hydrogen (secondary N) is 1. The summed E-state index contributed by atoms with van der Waals surface area (Å²) in [5.74, 6) is 0.812. The molecule has 0 spiro atoms. The fourth-order valence-electron chi connectivity index (χ4n) is 2.96. The molecule has 1 aromatic carbocycles. The maximum atomic E-state index is 12.9.